The van der Waals surface area contributed by atoms with Gasteiger partial charge in [-0.2, -0.15) is 4.89 Å². The molecule has 0 N–H and O–H groups in total. The van der Waals surface area contributed by atoms with Gasteiger partial charge in [-0.15, -0.1) is 0 Å². The number of benzene rings is 2. The van der Waals surface area contributed by atoms with E-state index in [-0.39, 0.29) is 0 Å². The highest BCUT2D eigenvalue weighted by Crippen LogP contribution is 2.33. The minimum Gasteiger partial charge on any atom is -0.485 e. The molecule has 2 rings (SSSR count). The van der Waals surface area contributed by atoms with Gasteiger partial charge in [-0.05, 0) is 29.7 Å². The zero-order valence-electron chi connectivity index (χ0n) is 13.3. The highest BCUT2D eigenvalue weighted by molar-refractivity contribution is 6.01. The summed E-state index contributed by atoms with van der Waals surface area (Å²) in [6.07, 6.45) is 0. The van der Waals surface area contributed by atoms with Crippen LogP contribution in [0.4, 0.5) is 0 Å². The first-order valence-electron chi connectivity index (χ1n) is 7.01. The lowest BCUT2D eigenvalue weighted by Crippen LogP contribution is -2.06. The molecule has 0 spiro atoms. The van der Waals surface area contributed by atoms with Crippen LogP contribution in [0.1, 0.15) is 18.1 Å². The molecule has 0 heterocycles. The third-order valence-corrected chi connectivity index (χ3v) is 3.02. The average molecular weight is 317 g/mol. The molecule has 0 atom stereocenters. The second-order valence-corrected chi connectivity index (χ2v) is 4.58. The van der Waals surface area contributed by atoms with Crippen LogP contribution in [0.25, 0.3) is 0 Å². The number of oxime groups is 1. The first-order chi connectivity index (χ1) is 11.3. The summed E-state index contributed by atoms with van der Waals surface area (Å²) in [5.41, 5.74) is 2.33. The Morgan fingerprint density at radius 2 is 1.78 bits per heavy atom. The Bertz CT molecular complexity index is 643. The first kappa shape index (κ1) is 16.8. The minimum absolute atomic E-state index is 0.364. The maximum Gasteiger partial charge on any atom is 0.219 e. The smallest absolute Gasteiger partial charge is 0.219 e. The van der Waals surface area contributed by atoms with E-state index in [9.17, 15) is 0 Å². The number of rotatable bonds is 8. The zero-order valence-corrected chi connectivity index (χ0v) is 13.3. The molecule has 2 aromatic carbocycles. The molecule has 6 heteroatoms. The van der Waals surface area contributed by atoms with Gasteiger partial charge >= 0.3 is 0 Å². The number of hydrogen-bond donors (Lipinski definition) is 0. The third kappa shape index (κ3) is 4.70. The Morgan fingerprint density at radius 1 is 1.00 bits per heavy atom. The van der Waals surface area contributed by atoms with Crippen molar-refractivity contribution < 1.29 is 24.4 Å². The van der Waals surface area contributed by atoms with Gasteiger partial charge in [0.1, 0.15) is 13.7 Å². The maximum absolute atomic E-state index is 5.83. The molecule has 6 nitrogen and oxygen atoms in total. The fourth-order valence-corrected chi connectivity index (χ4v) is 1.99. The second kappa shape index (κ2) is 8.77. The second-order valence-electron chi connectivity index (χ2n) is 4.58. The fraction of sp³-hybridized carbons (Fsp3) is 0.235. The monoisotopic (exact) mass is 317 g/mol. The Labute approximate surface area is 135 Å². The van der Waals surface area contributed by atoms with E-state index in [0.29, 0.717) is 29.4 Å². The molecule has 23 heavy (non-hydrogen) atoms. The van der Waals surface area contributed by atoms with Gasteiger partial charge in [0.15, 0.2) is 5.75 Å². The van der Waals surface area contributed by atoms with Crippen LogP contribution >= 0.6 is 0 Å². The summed E-state index contributed by atoms with van der Waals surface area (Å²) in [6.45, 7) is 2.19. The summed E-state index contributed by atoms with van der Waals surface area (Å²) in [4.78, 5) is 14.5. The predicted molar refractivity (Wildman–Crippen MR) is 85.2 cm³/mol. The molecular formula is C17H19NO5. The van der Waals surface area contributed by atoms with Crippen molar-refractivity contribution in [3.8, 4) is 11.5 Å². The Kier molecular flexibility index (Phi) is 6.40. The number of para-hydroxylation sites is 1. The van der Waals surface area contributed by atoms with Crippen LogP contribution < -0.4 is 9.62 Å². The van der Waals surface area contributed by atoms with Crippen molar-refractivity contribution in [3.63, 3.8) is 0 Å². The lowest BCUT2D eigenvalue weighted by molar-refractivity contribution is -0.453. The van der Waals surface area contributed by atoms with Crippen LogP contribution in [0, 0.1) is 0 Å². The van der Waals surface area contributed by atoms with Crippen molar-refractivity contribution in [2.75, 3.05) is 14.2 Å². The number of ether oxygens (including phenoxy) is 1. The number of nitrogens with zero attached hydrogens (tertiary/aromatic N) is 1. The highest BCUT2D eigenvalue weighted by atomic mass is 17.5. The topological polar surface area (TPSA) is 58.5 Å². The van der Waals surface area contributed by atoms with E-state index in [1.807, 2.05) is 42.5 Å². The van der Waals surface area contributed by atoms with E-state index in [2.05, 4.69) is 15.1 Å². The predicted octanol–water partition coefficient (Wildman–Crippen LogP) is 3.51. The van der Waals surface area contributed by atoms with Gasteiger partial charge < -0.3 is 14.5 Å². The van der Waals surface area contributed by atoms with Gasteiger partial charge in [0, 0.05) is 5.56 Å². The van der Waals surface area contributed by atoms with Gasteiger partial charge in [0.2, 0.25) is 5.75 Å². The van der Waals surface area contributed by atoms with E-state index in [1.54, 1.807) is 13.0 Å². The van der Waals surface area contributed by atoms with E-state index in [4.69, 9.17) is 14.5 Å². The van der Waals surface area contributed by atoms with Crippen molar-refractivity contribution >= 4 is 5.71 Å². The average Bonchev–Trinajstić information content (AvgIpc) is 2.59. The summed E-state index contributed by atoms with van der Waals surface area (Å²) >= 11 is 0. The Hall–Kier alpha value is -2.57. The highest BCUT2D eigenvalue weighted by Gasteiger charge is 2.16. The fourth-order valence-electron chi connectivity index (χ4n) is 1.99. The van der Waals surface area contributed by atoms with E-state index in [0.717, 1.165) is 5.56 Å². The molecule has 0 aliphatic carbocycles. The number of hydrogen-bond acceptors (Lipinski definition) is 6. The molecule has 0 bridgehead atoms. The van der Waals surface area contributed by atoms with Gasteiger partial charge in [-0.25, -0.2) is 0 Å². The molecule has 0 aliphatic heterocycles. The van der Waals surface area contributed by atoms with Crippen LogP contribution in [-0.2, 0) is 21.4 Å². The molecular weight excluding hydrogens is 298 g/mol. The van der Waals surface area contributed by atoms with E-state index in [1.165, 1.54) is 14.2 Å². The lowest BCUT2D eigenvalue weighted by Gasteiger charge is -2.13. The molecule has 0 saturated heterocycles. The zero-order chi connectivity index (χ0) is 16.5. The standard InChI is InChI=1S/C17H19NO5/c1-13(18-19-2)15-10-7-11-16(17(15)22-23-20-3)21-12-14-8-5-4-6-9-14/h4-11H,12H2,1-3H3/b18-13-. The molecule has 0 aliphatic rings. The first-order valence-corrected chi connectivity index (χ1v) is 7.01. The van der Waals surface area contributed by atoms with Crippen molar-refractivity contribution in [2.24, 2.45) is 5.16 Å². The molecule has 0 fully saturated rings. The van der Waals surface area contributed by atoms with Gasteiger partial charge in [0.05, 0.1) is 12.8 Å². The van der Waals surface area contributed by atoms with E-state index < -0.39 is 0 Å². The van der Waals surface area contributed by atoms with Crippen molar-refractivity contribution in [2.45, 2.75) is 13.5 Å². The molecule has 0 radical (unpaired) electrons. The van der Waals surface area contributed by atoms with Crippen molar-refractivity contribution in [1.82, 2.24) is 0 Å². The van der Waals surface area contributed by atoms with Gasteiger partial charge in [0.25, 0.3) is 0 Å². The van der Waals surface area contributed by atoms with Crippen LogP contribution in [0.2, 0.25) is 0 Å². The van der Waals surface area contributed by atoms with Gasteiger partial charge in [-0.1, -0.05) is 41.6 Å². The summed E-state index contributed by atoms with van der Waals surface area (Å²) in [7, 11) is 2.83. The van der Waals surface area contributed by atoms with Crippen LogP contribution in [0.3, 0.4) is 0 Å². The summed E-state index contributed by atoms with van der Waals surface area (Å²) < 4.78 is 5.83. The minimum atomic E-state index is 0.364. The van der Waals surface area contributed by atoms with Crippen LogP contribution in [0.15, 0.2) is 53.7 Å². The van der Waals surface area contributed by atoms with Crippen molar-refractivity contribution in [3.05, 3.63) is 59.7 Å². The summed E-state index contributed by atoms with van der Waals surface area (Å²) in [5, 5.41) is 8.51. The molecule has 0 aromatic heterocycles. The largest absolute Gasteiger partial charge is 0.485 e. The molecule has 0 unspecified atom stereocenters. The molecule has 0 saturated carbocycles. The third-order valence-electron chi connectivity index (χ3n) is 3.02. The van der Waals surface area contributed by atoms with Gasteiger partial charge in [-0.3, -0.25) is 0 Å². The quantitative estimate of drug-likeness (QED) is 0.423. The maximum atomic E-state index is 5.83. The SMILES string of the molecule is CO/N=C(/C)c1cccc(OCc2ccccc2)c1OOOC. The lowest BCUT2D eigenvalue weighted by atomic mass is 10.1. The Balaban J connectivity index is 2.26. The summed E-state index contributed by atoms with van der Waals surface area (Å²) in [6, 6.07) is 15.3. The summed E-state index contributed by atoms with van der Waals surface area (Å²) in [5.74, 6) is 0.873. The van der Waals surface area contributed by atoms with E-state index >= 15 is 0 Å². The van der Waals surface area contributed by atoms with Crippen molar-refractivity contribution in [1.29, 1.82) is 0 Å². The Morgan fingerprint density at radius 3 is 2.48 bits per heavy atom. The molecule has 122 valence electrons. The van der Waals surface area contributed by atoms with Crippen LogP contribution in [-0.4, -0.2) is 19.9 Å². The van der Waals surface area contributed by atoms with Crippen LogP contribution in [0.5, 0.6) is 11.5 Å². The normalized spacial score (nSPS) is 11.2. The molecule has 2 aromatic rings. The molecule has 0 amide bonds.